The summed E-state index contributed by atoms with van der Waals surface area (Å²) < 4.78 is 0. The van der Waals surface area contributed by atoms with Gasteiger partial charge < -0.3 is 15.7 Å². The van der Waals surface area contributed by atoms with Crippen molar-refractivity contribution in [3.63, 3.8) is 0 Å². The average Bonchev–Trinajstić information content (AvgIpc) is 2.02. The van der Waals surface area contributed by atoms with E-state index in [-0.39, 0.29) is 30.9 Å². The summed E-state index contributed by atoms with van der Waals surface area (Å²) in [5, 5.41) is 8.98. The predicted molar refractivity (Wildman–Crippen MR) is 69.6 cm³/mol. The number of carboxylic acids is 1. The topological polar surface area (TPSA) is 66.6 Å². The van der Waals surface area contributed by atoms with E-state index in [1.54, 1.807) is 13.8 Å². The number of nitrogens with two attached hydrogens (primary N) is 1. The first-order valence-electron chi connectivity index (χ1n) is 5.13. The largest absolute Gasteiger partial charge is 0.481 e. The van der Waals surface area contributed by atoms with E-state index < -0.39 is 11.4 Å². The van der Waals surface area contributed by atoms with Crippen molar-refractivity contribution in [2.45, 2.75) is 32.7 Å². The summed E-state index contributed by atoms with van der Waals surface area (Å²) >= 11 is 0. The monoisotopic (exact) mass is 272 g/mol. The molecule has 1 aliphatic rings. The number of carboxylic acid groups (broad SMARTS) is 1. The van der Waals surface area contributed by atoms with Crippen LogP contribution >= 0.6 is 24.8 Å². The highest BCUT2D eigenvalue weighted by atomic mass is 35.5. The number of halogens is 2. The molecule has 0 bridgehead atoms. The number of piperidine rings is 1. The lowest BCUT2D eigenvalue weighted by Gasteiger charge is -2.34. The standard InChI is InChI=1S/C10H20N2O2.2ClH/c1-10(2,9(13)14)7-12-5-3-4-8(11)6-12;;/h8H,3-7,11H2,1-2H3,(H,13,14);2*1H. The summed E-state index contributed by atoms with van der Waals surface area (Å²) in [7, 11) is 0. The molecule has 1 rings (SSSR count). The number of carbonyl (C=O) groups is 1. The predicted octanol–water partition coefficient (Wildman–Crippen LogP) is 1.36. The zero-order valence-electron chi connectivity index (χ0n) is 9.81. The maximum atomic E-state index is 10.9. The van der Waals surface area contributed by atoms with E-state index in [0.717, 1.165) is 25.9 Å². The van der Waals surface area contributed by atoms with Crippen LogP contribution in [0.3, 0.4) is 0 Å². The van der Waals surface area contributed by atoms with E-state index in [2.05, 4.69) is 4.90 Å². The molecule has 0 amide bonds. The van der Waals surface area contributed by atoms with Crippen LogP contribution in [0.1, 0.15) is 26.7 Å². The molecule has 16 heavy (non-hydrogen) atoms. The quantitative estimate of drug-likeness (QED) is 0.815. The van der Waals surface area contributed by atoms with Gasteiger partial charge in [0.2, 0.25) is 0 Å². The van der Waals surface area contributed by atoms with Gasteiger partial charge in [0.1, 0.15) is 0 Å². The van der Waals surface area contributed by atoms with Gasteiger partial charge in [-0.05, 0) is 33.2 Å². The van der Waals surface area contributed by atoms with Gasteiger partial charge in [0.15, 0.2) is 0 Å². The number of nitrogens with zero attached hydrogens (tertiary/aromatic N) is 1. The molecule has 0 aliphatic carbocycles. The minimum Gasteiger partial charge on any atom is -0.481 e. The third kappa shape index (κ3) is 5.34. The first-order chi connectivity index (χ1) is 6.42. The van der Waals surface area contributed by atoms with Gasteiger partial charge in [-0.3, -0.25) is 4.79 Å². The third-order valence-electron chi connectivity index (χ3n) is 2.74. The Morgan fingerprint density at radius 2 is 2.06 bits per heavy atom. The van der Waals surface area contributed by atoms with Gasteiger partial charge in [-0.25, -0.2) is 0 Å². The second-order valence-corrected chi connectivity index (χ2v) is 4.83. The molecule has 3 N–H and O–H groups in total. The highest BCUT2D eigenvalue weighted by molar-refractivity contribution is 5.85. The first-order valence-corrected chi connectivity index (χ1v) is 5.13. The van der Waals surface area contributed by atoms with Crippen molar-refractivity contribution in [3.05, 3.63) is 0 Å². The van der Waals surface area contributed by atoms with E-state index in [1.165, 1.54) is 0 Å². The Bertz CT molecular complexity index is 225. The van der Waals surface area contributed by atoms with Crippen LogP contribution in [0.2, 0.25) is 0 Å². The molecular formula is C10H22Cl2N2O2. The second kappa shape index (κ2) is 7.33. The molecule has 0 radical (unpaired) electrons. The van der Waals surface area contributed by atoms with Crippen LogP contribution in [-0.4, -0.2) is 41.7 Å². The fourth-order valence-corrected chi connectivity index (χ4v) is 1.86. The highest BCUT2D eigenvalue weighted by Crippen LogP contribution is 2.19. The highest BCUT2D eigenvalue weighted by Gasteiger charge is 2.31. The van der Waals surface area contributed by atoms with Crippen molar-refractivity contribution in [1.82, 2.24) is 4.90 Å². The van der Waals surface area contributed by atoms with E-state index in [9.17, 15) is 4.79 Å². The third-order valence-corrected chi connectivity index (χ3v) is 2.74. The molecule has 0 spiro atoms. The molecule has 0 aromatic heterocycles. The summed E-state index contributed by atoms with van der Waals surface area (Å²) in [6.45, 7) is 5.92. The molecule has 1 heterocycles. The van der Waals surface area contributed by atoms with E-state index in [4.69, 9.17) is 10.8 Å². The van der Waals surface area contributed by atoms with Crippen molar-refractivity contribution in [3.8, 4) is 0 Å². The summed E-state index contributed by atoms with van der Waals surface area (Å²) in [5.74, 6) is -0.739. The van der Waals surface area contributed by atoms with Gasteiger partial charge in [0.05, 0.1) is 5.41 Å². The van der Waals surface area contributed by atoms with Crippen LogP contribution in [0.4, 0.5) is 0 Å². The Morgan fingerprint density at radius 1 is 1.50 bits per heavy atom. The zero-order chi connectivity index (χ0) is 10.8. The molecular weight excluding hydrogens is 251 g/mol. The van der Waals surface area contributed by atoms with Crippen molar-refractivity contribution in [1.29, 1.82) is 0 Å². The maximum Gasteiger partial charge on any atom is 0.310 e. The smallest absolute Gasteiger partial charge is 0.310 e. The molecule has 1 saturated heterocycles. The van der Waals surface area contributed by atoms with Crippen molar-refractivity contribution >= 4 is 30.8 Å². The molecule has 6 heteroatoms. The van der Waals surface area contributed by atoms with E-state index in [1.807, 2.05) is 0 Å². The minimum atomic E-state index is -0.739. The van der Waals surface area contributed by atoms with Gasteiger partial charge in [0.25, 0.3) is 0 Å². The number of hydrogen-bond acceptors (Lipinski definition) is 3. The van der Waals surface area contributed by atoms with Crippen molar-refractivity contribution in [2.24, 2.45) is 11.1 Å². The Kier molecular flexibility index (Phi) is 8.40. The Hall–Kier alpha value is -0.0300. The molecule has 1 atom stereocenters. The molecule has 1 fully saturated rings. The molecule has 1 aliphatic heterocycles. The average molecular weight is 273 g/mol. The van der Waals surface area contributed by atoms with Crippen LogP contribution < -0.4 is 5.73 Å². The summed E-state index contributed by atoms with van der Waals surface area (Å²) in [6.07, 6.45) is 2.14. The van der Waals surface area contributed by atoms with E-state index >= 15 is 0 Å². The number of aliphatic carboxylic acids is 1. The Labute approximate surface area is 109 Å². The van der Waals surface area contributed by atoms with Gasteiger partial charge in [-0.15, -0.1) is 24.8 Å². The van der Waals surface area contributed by atoms with Crippen LogP contribution in [0, 0.1) is 5.41 Å². The van der Waals surface area contributed by atoms with Crippen LogP contribution in [0.25, 0.3) is 0 Å². The van der Waals surface area contributed by atoms with Crippen LogP contribution in [0.5, 0.6) is 0 Å². The van der Waals surface area contributed by atoms with Gasteiger partial charge in [0, 0.05) is 19.1 Å². The molecule has 0 saturated carbocycles. The summed E-state index contributed by atoms with van der Waals surface area (Å²) in [6, 6.07) is 0.216. The second-order valence-electron chi connectivity index (χ2n) is 4.83. The minimum absolute atomic E-state index is 0. The number of likely N-dealkylation sites (tertiary alicyclic amines) is 1. The first kappa shape index (κ1) is 18.3. The zero-order valence-corrected chi connectivity index (χ0v) is 11.4. The molecule has 0 aromatic rings. The van der Waals surface area contributed by atoms with Crippen LogP contribution in [0.15, 0.2) is 0 Å². The van der Waals surface area contributed by atoms with Gasteiger partial charge in [-0.1, -0.05) is 0 Å². The molecule has 1 unspecified atom stereocenters. The lowest BCUT2D eigenvalue weighted by Crippen LogP contribution is -2.47. The lowest BCUT2D eigenvalue weighted by molar-refractivity contribution is -0.148. The number of rotatable bonds is 3. The van der Waals surface area contributed by atoms with Gasteiger partial charge >= 0.3 is 5.97 Å². The Morgan fingerprint density at radius 3 is 2.50 bits per heavy atom. The van der Waals surface area contributed by atoms with Crippen molar-refractivity contribution < 1.29 is 9.90 Å². The summed E-state index contributed by atoms with van der Waals surface area (Å²) in [4.78, 5) is 13.1. The van der Waals surface area contributed by atoms with Crippen LogP contribution in [-0.2, 0) is 4.79 Å². The fraction of sp³-hybridized carbons (Fsp3) is 0.900. The molecule has 98 valence electrons. The normalized spacial score (nSPS) is 21.8. The fourth-order valence-electron chi connectivity index (χ4n) is 1.86. The van der Waals surface area contributed by atoms with E-state index in [0.29, 0.717) is 6.54 Å². The molecule has 0 aromatic carbocycles. The lowest BCUT2D eigenvalue weighted by atomic mass is 9.92. The van der Waals surface area contributed by atoms with Gasteiger partial charge in [-0.2, -0.15) is 0 Å². The summed E-state index contributed by atoms with van der Waals surface area (Å²) in [5.41, 5.74) is 5.16. The Balaban J connectivity index is 0. The maximum absolute atomic E-state index is 10.9. The van der Waals surface area contributed by atoms with Crippen molar-refractivity contribution in [2.75, 3.05) is 19.6 Å². The SMILES string of the molecule is CC(C)(CN1CCCC(N)C1)C(=O)O.Cl.Cl. The molecule has 4 nitrogen and oxygen atoms in total. The number of hydrogen-bond donors (Lipinski definition) is 2.